The summed E-state index contributed by atoms with van der Waals surface area (Å²) < 4.78 is 0. The number of thioether (sulfide) groups is 2. The van der Waals surface area contributed by atoms with E-state index in [9.17, 15) is 44.7 Å². The molecule has 0 unspecified atom stereocenters. The van der Waals surface area contributed by atoms with E-state index < -0.39 is 58.0 Å². The van der Waals surface area contributed by atoms with Crippen LogP contribution in [0.4, 0.5) is 0 Å². The van der Waals surface area contributed by atoms with Crippen LogP contribution in [0.3, 0.4) is 0 Å². The second-order valence-electron chi connectivity index (χ2n) is 12.1. The molecule has 5 N–H and O–H groups in total. The monoisotopic (exact) mass is 668 g/mol. The van der Waals surface area contributed by atoms with Gasteiger partial charge in [0.2, 0.25) is 0 Å². The first-order chi connectivity index (χ1) is 21.6. The van der Waals surface area contributed by atoms with Crippen molar-refractivity contribution < 1.29 is 44.7 Å². The summed E-state index contributed by atoms with van der Waals surface area (Å²) in [4.78, 5) is 57.6. The van der Waals surface area contributed by atoms with Gasteiger partial charge in [-0.3, -0.25) is 19.2 Å². The van der Waals surface area contributed by atoms with E-state index in [0.29, 0.717) is 5.75 Å². The summed E-state index contributed by atoms with van der Waals surface area (Å²) in [6, 6.07) is 0. The van der Waals surface area contributed by atoms with Gasteiger partial charge in [0.15, 0.2) is 46.1 Å². The number of allylic oxidation sites excluding steroid dienone is 4. The lowest BCUT2D eigenvalue weighted by atomic mass is 9.70. The van der Waals surface area contributed by atoms with Gasteiger partial charge in [-0.05, 0) is 37.9 Å². The smallest absolute Gasteiger partial charge is 0.195 e. The van der Waals surface area contributed by atoms with Gasteiger partial charge in [-0.15, -0.1) is 0 Å². The number of carbonyl (C=O) groups is 4. The molecule has 0 saturated heterocycles. The summed E-state index contributed by atoms with van der Waals surface area (Å²) in [6.45, 7) is 11.5. The number of rotatable bonds is 11. The van der Waals surface area contributed by atoms with Gasteiger partial charge in [0.05, 0.1) is 6.61 Å². The molecule has 0 radical (unpaired) electrons. The van der Waals surface area contributed by atoms with Crippen LogP contribution in [0.15, 0.2) is 22.3 Å². The molecule has 4 rings (SSSR count). The molecule has 46 heavy (non-hydrogen) atoms. The van der Waals surface area contributed by atoms with Gasteiger partial charge in [0.25, 0.3) is 0 Å². The maximum Gasteiger partial charge on any atom is 0.195 e. The first kappa shape index (κ1) is 35.3. The number of hydrogen-bond donors (Lipinski definition) is 5. The van der Waals surface area contributed by atoms with Crippen molar-refractivity contribution in [2.75, 3.05) is 18.1 Å². The topological polar surface area (TPSA) is 169 Å². The minimum absolute atomic E-state index is 0.00625. The molecule has 2 aromatic carbocycles. The standard InChI is InChI=1S/C35H40O9S2/c1-8-10-45-12-18-24-26(20(14(2)3)34(43)30(18)39)28(37)16(6)22(32(24)41)23-17(7)29(38)27-21(15(4)5)35(44)31(40)19(13-46-11-9-36)25(27)33(23)42/h14-15,36,39-40,43-44H,8-13H2,1-7H3. The molecular formula is C35H40O9S2. The van der Waals surface area contributed by atoms with Crippen molar-refractivity contribution in [3.8, 4) is 23.0 Å². The highest BCUT2D eigenvalue weighted by Crippen LogP contribution is 2.51. The molecule has 2 aliphatic rings. The largest absolute Gasteiger partial charge is 0.504 e. The Kier molecular flexibility index (Phi) is 10.5. The Balaban J connectivity index is 2.06. The van der Waals surface area contributed by atoms with Crippen LogP contribution in [0.5, 0.6) is 23.0 Å². The third kappa shape index (κ3) is 5.56. The lowest BCUT2D eigenvalue weighted by Gasteiger charge is -2.31. The van der Waals surface area contributed by atoms with E-state index in [1.807, 2.05) is 6.92 Å². The Labute approximate surface area is 276 Å². The van der Waals surface area contributed by atoms with Crippen LogP contribution in [0.1, 0.15) is 130 Å². The minimum Gasteiger partial charge on any atom is -0.504 e. The Hall–Kier alpha value is -3.54. The zero-order valence-electron chi connectivity index (χ0n) is 27.1. The Morgan fingerprint density at radius 2 is 0.935 bits per heavy atom. The molecule has 0 aliphatic heterocycles. The number of phenolic OH excluding ortho intramolecular Hbond substituents is 4. The highest BCUT2D eigenvalue weighted by molar-refractivity contribution is 7.98. The fourth-order valence-corrected chi connectivity index (χ4v) is 7.99. The van der Waals surface area contributed by atoms with Gasteiger partial charge >= 0.3 is 0 Å². The maximum absolute atomic E-state index is 14.6. The first-order valence-corrected chi connectivity index (χ1v) is 17.5. The van der Waals surface area contributed by atoms with Gasteiger partial charge in [-0.2, -0.15) is 23.5 Å². The van der Waals surface area contributed by atoms with E-state index in [2.05, 4.69) is 0 Å². The number of aliphatic hydroxyl groups excluding tert-OH is 1. The van der Waals surface area contributed by atoms with Gasteiger partial charge in [0.1, 0.15) is 0 Å². The number of hydrogen-bond acceptors (Lipinski definition) is 11. The van der Waals surface area contributed by atoms with E-state index in [-0.39, 0.29) is 90.7 Å². The first-order valence-electron chi connectivity index (χ1n) is 15.2. The maximum atomic E-state index is 14.6. The molecule has 11 heteroatoms. The third-order valence-electron chi connectivity index (χ3n) is 8.45. The molecule has 0 saturated carbocycles. The predicted octanol–water partition coefficient (Wildman–Crippen LogP) is 6.72. The molecule has 0 amide bonds. The molecule has 0 heterocycles. The number of aliphatic hydroxyl groups is 1. The van der Waals surface area contributed by atoms with Crippen molar-refractivity contribution in [3.63, 3.8) is 0 Å². The Bertz CT molecular complexity index is 1620. The zero-order valence-corrected chi connectivity index (χ0v) is 28.7. The fourth-order valence-electron chi connectivity index (χ4n) is 6.32. The quantitative estimate of drug-likeness (QED) is 0.127. The average Bonchev–Trinajstić information content (AvgIpc) is 2.99. The Morgan fingerprint density at radius 1 is 0.565 bits per heavy atom. The van der Waals surface area contributed by atoms with Crippen molar-refractivity contribution in [2.45, 2.75) is 78.2 Å². The van der Waals surface area contributed by atoms with Crippen molar-refractivity contribution in [3.05, 3.63) is 66.8 Å². The van der Waals surface area contributed by atoms with Crippen molar-refractivity contribution in [1.29, 1.82) is 0 Å². The van der Waals surface area contributed by atoms with E-state index in [1.54, 1.807) is 27.7 Å². The summed E-state index contributed by atoms with van der Waals surface area (Å²) in [7, 11) is 0. The molecule has 0 atom stereocenters. The summed E-state index contributed by atoms with van der Waals surface area (Å²) in [6.07, 6.45) is 0.808. The molecule has 2 aliphatic carbocycles. The molecule has 0 bridgehead atoms. The Morgan fingerprint density at radius 3 is 1.26 bits per heavy atom. The summed E-state index contributed by atoms with van der Waals surface area (Å²) in [5.41, 5.74) is -0.776. The lowest BCUT2D eigenvalue weighted by Crippen LogP contribution is -2.32. The molecular weight excluding hydrogens is 629 g/mol. The van der Waals surface area contributed by atoms with Crippen LogP contribution in [0.2, 0.25) is 0 Å². The van der Waals surface area contributed by atoms with E-state index >= 15 is 0 Å². The number of fused-ring (bicyclic) bond motifs is 2. The number of ketones is 4. The number of aromatic hydroxyl groups is 4. The van der Waals surface area contributed by atoms with E-state index in [1.165, 1.54) is 37.4 Å². The number of Topliss-reactive ketones (excluding diaryl/α,β-unsaturated/α-hetero) is 4. The van der Waals surface area contributed by atoms with Crippen molar-refractivity contribution in [1.82, 2.24) is 0 Å². The predicted molar refractivity (Wildman–Crippen MR) is 180 cm³/mol. The summed E-state index contributed by atoms with van der Waals surface area (Å²) in [5.74, 6) is -4.63. The van der Waals surface area contributed by atoms with Crippen molar-refractivity contribution in [2.24, 2.45) is 0 Å². The van der Waals surface area contributed by atoms with E-state index in [0.717, 1.165) is 6.42 Å². The molecule has 0 fully saturated rings. The van der Waals surface area contributed by atoms with Crippen LogP contribution in [0.25, 0.3) is 0 Å². The third-order valence-corrected chi connectivity index (χ3v) is 10.6. The van der Waals surface area contributed by atoms with Gasteiger partial charge in [0, 0.05) is 84.1 Å². The average molecular weight is 669 g/mol. The molecule has 246 valence electrons. The number of carbonyl (C=O) groups excluding carboxylic acids is 4. The molecule has 2 aromatic rings. The number of phenols is 4. The minimum atomic E-state index is -0.753. The fraction of sp³-hybridized carbons (Fsp3) is 0.429. The van der Waals surface area contributed by atoms with Gasteiger partial charge in [-0.25, -0.2) is 0 Å². The van der Waals surface area contributed by atoms with E-state index in [4.69, 9.17) is 0 Å². The van der Waals surface area contributed by atoms with Crippen LogP contribution in [0, 0.1) is 0 Å². The zero-order chi connectivity index (χ0) is 34.4. The normalized spacial score (nSPS) is 15.1. The SMILES string of the molecule is CCCSCc1c(O)c(O)c(C(C)C)c2c1C(=O)C(C1=C(C)C(=O)c3c(c(CSCCO)c(O)c(O)c3C(C)C)C1=O)=C(C)C2=O. The lowest BCUT2D eigenvalue weighted by molar-refractivity contribution is 0.0950. The van der Waals surface area contributed by atoms with Gasteiger partial charge < -0.3 is 25.5 Å². The summed E-state index contributed by atoms with van der Waals surface area (Å²) >= 11 is 2.59. The van der Waals surface area contributed by atoms with Crippen LogP contribution < -0.4 is 0 Å². The van der Waals surface area contributed by atoms with Gasteiger partial charge in [-0.1, -0.05) is 34.6 Å². The van der Waals surface area contributed by atoms with Crippen LogP contribution in [-0.2, 0) is 11.5 Å². The number of benzene rings is 2. The van der Waals surface area contributed by atoms with Crippen LogP contribution in [-0.4, -0.2) is 66.8 Å². The molecule has 0 aromatic heterocycles. The summed E-state index contributed by atoms with van der Waals surface area (Å²) in [5, 5.41) is 53.6. The van der Waals surface area contributed by atoms with Crippen LogP contribution >= 0.6 is 23.5 Å². The molecule has 9 nitrogen and oxygen atoms in total. The second kappa shape index (κ2) is 13.7. The molecule has 0 spiro atoms. The highest BCUT2D eigenvalue weighted by atomic mass is 32.2. The van der Waals surface area contributed by atoms with Crippen molar-refractivity contribution >= 4 is 46.7 Å². The second-order valence-corrected chi connectivity index (χ2v) is 14.3. The highest BCUT2D eigenvalue weighted by Gasteiger charge is 2.45.